The molecule has 0 amide bonds. The van der Waals surface area contributed by atoms with E-state index in [1.54, 1.807) is 18.2 Å². The summed E-state index contributed by atoms with van der Waals surface area (Å²) in [6, 6.07) is 7.77. The Morgan fingerprint density at radius 2 is 1.75 bits per heavy atom. The molecular weight excluding hydrogens is 321 g/mol. The Hall–Kier alpha value is -1.42. The van der Waals surface area contributed by atoms with Crippen LogP contribution in [0.2, 0.25) is 15.1 Å². The summed E-state index contributed by atoms with van der Waals surface area (Å²) in [5.41, 5.74) is 6.54. The molecule has 0 aliphatic carbocycles. The van der Waals surface area contributed by atoms with Crippen molar-refractivity contribution in [2.75, 3.05) is 12.8 Å². The van der Waals surface area contributed by atoms with Crippen LogP contribution in [-0.4, -0.2) is 12.9 Å². The molecule has 0 aliphatic rings. The first-order valence-electron chi connectivity index (χ1n) is 5.57. The summed E-state index contributed by atoms with van der Waals surface area (Å²) < 4.78 is 5.04. The summed E-state index contributed by atoms with van der Waals surface area (Å²) in [6.07, 6.45) is 0. The molecule has 0 aliphatic heterocycles. The molecule has 0 unspecified atom stereocenters. The third-order valence-electron chi connectivity index (χ3n) is 2.78. The first-order chi connectivity index (χ1) is 9.45. The fourth-order valence-corrected chi connectivity index (χ4v) is 2.39. The third-order valence-corrected chi connectivity index (χ3v) is 3.72. The van der Waals surface area contributed by atoms with Gasteiger partial charge in [0.1, 0.15) is 5.75 Å². The van der Waals surface area contributed by atoms with E-state index < -0.39 is 0 Å². The molecule has 0 fully saturated rings. The van der Waals surface area contributed by atoms with Crippen molar-refractivity contribution in [3.63, 3.8) is 0 Å². The van der Waals surface area contributed by atoms with Gasteiger partial charge in [-0.15, -0.1) is 0 Å². The molecule has 0 saturated heterocycles. The molecule has 0 atom stereocenters. The average molecular weight is 331 g/mol. The van der Waals surface area contributed by atoms with Gasteiger partial charge in [-0.25, -0.2) is 0 Å². The molecule has 2 aromatic carbocycles. The van der Waals surface area contributed by atoms with Crippen molar-refractivity contribution in [2.45, 2.75) is 0 Å². The number of ketones is 1. The summed E-state index contributed by atoms with van der Waals surface area (Å²) in [7, 11) is 1.47. The Kier molecular flexibility index (Phi) is 4.43. The van der Waals surface area contributed by atoms with E-state index in [1.807, 2.05) is 0 Å². The van der Waals surface area contributed by atoms with Crippen LogP contribution in [0.1, 0.15) is 15.9 Å². The largest absolute Gasteiger partial charge is 0.495 e. The van der Waals surface area contributed by atoms with Gasteiger partial charge in [-0.05, 0) is 18.2 Å². The topological polar surface area (TPSA) is 52.3 Å². The molecule has 20 heavy (non-hydrogen) atoms. The number of nitrogen functional groups attached to an aromatic ring is 1. The van der Waals surface area contributed by atoms with E-state index in [0.29, 0.717) is 15.8 Å². The summed E-state index contributed by atoms with van der Waals surface area (Å²) in [5.74, 6) is 0.0480. The number of methoxy groups -OCH3 is 1. The lowest BCUT2D eigenvalue weighted by molar-refractivity contribution is 0.103. The number of benzene rings is 2. The van der Waals surface area contributed by atoms with E-state index in [9.17, 15) is 4.79 Å². The minimum absolute atomic E-state index is 0.210. The fraction of sp³-hybridized carbons (Fsp3) is 0.0714. The number of halogens is 3. The highest BCUT2D eigenvalue weighted by atomic mass is 35.5. The van der Waals surface area contributed by atoms with Crippen molar-refractivity contribution < 1.29 is 9.53 Å². The number of carbonyl (C=O) groups is 1. The van der Waals surface area contributed by atoms with Crippen LogP contribution in [0.4, 0.5) is 5.69 Å². The molecule has 6 heteroatoms. The molecule has 2 aromatic rings. The second kappa shape index (κ2) is 5.92. The zero-order chi connectivity index (χ0) is 14.9. The van der Waals surface area contributed by atoms with Crippen LogP contribution in [0.15, 0.2) is 30.3 Å². The van der Waals surface area contributed by atoms with Gasteiger partial charge in [0.25, 0.3) is 0 Å². The van der Waals surface area contributed by atoms with E-state index in [0.717, 1.165) is 0 Å². The number of ether oxygens (including phenoxy) is 1. The predicted molar refractivity (Wildman–Crippen MR) is 82.3 cm³/mol. The molecule has 0 heterocycles. The maximum absolute atomic E-state index is 12.5. The number of anilines is 1. The Morgan fingerprint density at radius 1 is 1.05 bits per heavy atom. The smallest absolute Gasteiger partial charge is 0.196 e. The number of rotatable bonds is 3. The SMILES string of the molecule is COc1cc(Cl)c(C(=O)c2cccc(Cl)c2N)cc1Cl. The third kappa shape index (κ3) is 2.70. The van der Waals surface area contributed by atoms with E-state index in [2.05, 4.69) is 0 Å². The fourth-order valence-electron chi connectivity index (χ4n) is 1.74. The van der Waals surface area contributed by atoms with E-state index in [4.69, 9.17) is 45.3 Å². The molecule has 0 spiro atoms. The lowest BCUT2D eigenvalue weighted by atomic mass is 10.0. The second-order valence-corrected chi connectivity index (χ2v) is 5.22. The lowest BCUT2D eigenvalue weighted by Crippen LogP contribution is -2.06. The van der Waals surface area contributed by atoms with Gasteiger partial charge in [0.2, 0.25) is 0 Å². The number of para-hydroxylation sites is 1. The highest BCUT2D eigenvalue weighted by molar-refractivity contribution is 6.38. The van der Waals surface area contributed by atoms with Crippen molar-refractivity contribution in [3.8, 4) is 5.75 Å². The Bertz CT molecular complexity index is 686. The maximum Gasteiger partial charge on any atom is 0.196 e. The summed E-state index contributed by atoms with van der Waals surface area (Å²) in [6.45, 7) is 0. The minimum atomic E-state index is -0.348. The van der Waals surface area contributed by atoms with Crippen LogP contribution in [0.3, 0.4) is 0 Å². The monoisotopic (exact) mass is 329 g/mol. The van der Waals surface area contributed by atoms with Crippen LogP contribution < -0.4 is 10.5 Å². The predicted octanol–water partition coefficient (Wildman–Crippen LogP) is 4.47. The van der Waals surface area contributed by atoms with Gasteiger partial charge in [-0.3, -0.25) is 4.79 Å². The highest BCUT2D eigenvalue weighted by Gasteiger charge is 2.19. The highest BCUT2D eigenvalue weighted by Crippen LogP contribution is 2.33. The Labute approximate surface area is 131 Å². The van der Waals surface area contributed by atoms with Crippen LogP contribution in [0.5, 0.6) is 5.75 Å². The van der Waals surface area contributed by atoms with Gasteiger partial charge < -0.3 is 10.5 Å². The number of carbonyl (C=O) groups excluding carboxylic acids is 1. The molecule has 104 valence electrons. The quantitative estimate of drug-likeness (QED) is 0.667. The van der Waals surface area contributed by atoms with Crippen LogP contribution in [0.25, 0.3) is 0 Å². The molecule has 0 bridgehead atoms. The molecule has 0 saturated carbocycles. The molecule has 3 nitrogen and oxygen atoms in total. The van der Waals surface area contributed by atoms with Crippen molar-refractivity contribution in [3.05, 3.63) is 56.5 Å². The standard InChI is InChI=1S/C14H10Cl3NO2/c1-20-12-6-10(16)8(5-11(12)17)14(19)7-3-2-4-9(15)13(7)18/h2-6H,18H2,1H3. The van der Waals surface area contributed by atoms with Gasteiger partial charge in [0.15, 0.2) is 5.78 Å². The van der Waals surface area contributed by atoms with Gasteiger partial charge in [0.05, 0.1) is 27.9 Å². The van der Waals surface area contributed by atoms with E-state index >= 15 is 0 Å². The van der Waals surface area contributed by atoms with Crippen molar-refractivity contribution in [1.29, 1.82) is 0 Å². The van der Waals surface area contributed by atoms with Crippen molar-refractivity contribution >= 4 is 46.3 Å². The molecular formula is C14H10Cl3NO2. The summed E-state index contributed by atoms with van der Waals surface area (Å²) in [5, 5.41) is 0.836. The van der Waals surface area contributed by atoms with Crippen LogP contribution >= 0.6 is 34.8 Å². The van der Waals surface area contributed by atoms with Crippen LogP contribution in [-0.2, 0) is 0 Å². The maximum atomic E-state index is 12.5. The van der Waals surface area contributed by atoms with Gasteiger partial charge in [-0.1, -0.05) is 40.9 Å². The zero-order valence-corrected chi connectivity index (χ0v) is 12.7. The first-order valence-corrected chi connectivity index (χ1v) is 6.70. The summed E-state index contributed by atoms with van der Waals surface area (Å²) in [4.78, 5) is 12.5. The number of nitrogens with two attached hydrogens (primary N) is 1. The van der Waals surface area contributed by atoms with Crippen molar-refractivity contribution in [2.24, 2.45) is 0 Å². The first kappa shape index (κ1) is 15.0. The normalized spacial score (nSPS) is 10.4. The van der Waals surface area contributed by atoms with Gasteiger partial charge in [0, 0.05) is 17.2 Å². The minimum Gasteiger partial charge on any atom is -0.495 e. The lowest BCUT2D eigenvalue weighted by Gasteiger charge is -2.10. The molecule has 2 N–H and O–H groups in total. The molecule has 2 rings (SSSR count). The van der Waals surface area contributed by atoms with Crippen molar-refractivity contribution in [1.82, 2.24) is 0 Å². The average Bonchev–Trinajstić information content (AvgIpc) is 2.43. The Balaban J connectivity index is 2.54. The van der Waals surface area contributed by atoms with Gasteiger partial charge >= 0.3 is 0 Å². The Morgan fingerprint density at radius 3 is 2.40 bits per heavy atom. The second-order valence-electron chi connectivity index (χ2n) is 4.00. The molecule has 0 aromatic heterocycles. The van der Waals surface area contributed by atoms with E-state index in [-0.39, 0.29) is 27.6 Å². The zero-order valence-electron chi connectivity index (χ0n) is 10.4. The van der Waals surface area contributed by atoms with E-state index in [1.165, 1.54) is 19.2 Å². The van der Waals surface area contributed by atoms with Crippen LogP contribution in [0, 0.1) is 0 Å². The summed E-state index contributed by atoms with van der Waals surface area (Å²) >= 11 is 18.0. The number of hydrogen-bond donors (Lipinski definition) is 1. The molecule has 0 radical (unpaired) electrons. The number of hydrogen-bond acceptors (Lipinski definition) is 3. The van der Waals surface area contributed by atoms with Gasteiger partial charge in [-0.2, -0.15) is 0 Å².